The van der Waals surface area contributed by atoms with E-state index in [0.717, 1.165) is 39.8 Å². The van der Waals surface area contributed by atoms with E-state index in [-0.39, 0.29) is 0 Å². The van der Waals surface area contributed by atoms with E-state index in [1.165, 1.54) is 0 Å². The van der Waals surface area contributed by atoms with Gasteiger partial charge in [-0.2, -0.15) is 4.31 Å². The summed E-state index contributed by atoms with van der Waals surface area (Å²) in [4.78, 5) is 3.65. The standard InChI is InChI=1S/C22H24N2O3S/c1-3-16-4-7-19(8-5-16)28(25,26)24-12-10-17(11-13-24)21-15-23-22-9-6-18(27-2)14-20(21)22/h4-10,14-15,23H,3,11-13H2,1-2H3. The van der Waals surface area contributed by atoms with E-state index in [1.54, 1.807) is 23.5 Å². The van der Waals surface area contributed by atoms with Crippen molar-refractivity contribution in [2.24, 2.45) is 0 Å². The Bertz CT molecular complexity index is 1130. The first-order valence-electron chi connectivity index (χ1n) is 9.46. The number of hydrogen-bond acceptors (Lipinski definition) is 3. The maximum Gasteiger partial charge on any atom is 0.243 e. The third-order valence-corrected chi connectivity index (χ3v) is 7.26. The summed E-state index contributed by atoms with van der Waals surface area (Å²) in [5.41, 5.74) is 4.45. The third-order valence-electron chi connectivity index (χ3n) is 5.38. The number of H-pyrrole nitrogens is 1. The van der Waals surface area contributed by atoms with Crippen LogP contribution >= 0.6 is 0 Å². The van der Waals surface area contributed by atoms with E-state index in [0.29, 0.717) is 24.4 Å². The summed E-state index contributed by atoms with van der Waals surface area (Å²) in [5.74, 6) is 0.810. The number of benzene rings is 2. The van der Waals surface area contributed by atoms with Gasteiger partial charge in [0.2, 0.25) is 10.0 Å². The SMILES string of the molecule is CCc1ccc(S(=O)(=O)N2CC=C(c3c[nH]c4ccc(OC)cc34)CC2)cc1. The summed E-state index contributed by atoms with van der Waals surface area (Å²) in [6.45, 7) is 2.91. The highest BCUT2D eigenvalue weighted by Crippen LogP contribution is 2.32. The molecular weight excluding hydrogens is 372 g/mol. The topological polar surface area (TPSA) is 62.4 Å². The molecule has 0 unspecified atom stereocenters. The average molecular weight is 397 g/mol. The Hall–Kier alpha value is -2.57. The first kappa shape index (κ1) is 18.8. The molecule has 2 heterocycles. The number of methoxy groups -OCH3 is 1. The van der Waals surface area contributed by atoms with Gasteiger partial charge in [0.05, 0.1) is 12.0 Å². The van der Waals surface area contributed by atoms with Crippen molar-refractivity contribution in [2.45, 2.75) is 24.7 Å². The van der Waals surface area contributed by atoms with Crippen LogP contribution in [0.2, 0.25) is 0 Å². The largest absolute Gasteiger partial charge is 0.497 e. The van der Waals surface area contributed by atoms with E-state index in [2.05, 4.69) is 11.9 Å². The first-order chi connectivity index (χ1) is 13.5. The summed E-state index contributed by atoms with van der Waals surface area (Å²) >= 11 is 0. The molecule has 0 spiro atoms. The van der Waals surface area contributed by atoms with Gasteiger partial charge in [-0.15, -0.1) is 0 Å². The van der Waals surface area contributed by atoms with Crippen LogP contribution in [0, 0.1) is 0 Å². The fraction of sp³-hybridized carbons (Fsp3) is 0.273. The lowest BCUT2D eigenvalue weighted by molar-refractivity contribution is 0.415. The van der Waals surface area contributed by atoms with Crippen LogP contribution in [-0.2, 0) is 16.4 Å². The van der Waals surface area contributed by atoms with Crippen LogP contribution in [0.25, 0.3) is 16.5 Å². The van der Waals surface area contributed by atoms with Crippen LogP contribution < -0.4 is 4.74 Å². The van der Waals surface area contributed by atoms with E-state index in [1.807, 2.05) is 42.6 Å². The lowest BCUT2D eigenvalue weighted by Crippen LogP contribution is -2.34. The molecule has 2 aromatic carbocycles. The quantitative estimate of drug-likeness (QED) is 0.702. The third kappa shape index (κ3) is 3.34. The molecule has 0 saturated carbocycles. The summed E-state index contributed by atoms with van der Waals surface area (Å²) in [7, 11) is -1.82. The molecule has 4 rings (SSSR count). The summed E-state index contributed by atoms with van der Waals surface area (Å²) in [6, 6.07) is 13.1. The number of ether oxygens (including phenoxy) is 1. The van der Waals surface area contributed by atoms with E-state index >= 15 is 0 Å². The molecule has 0 atom stereocenters. The number of nitrogens with zero attached hydrogens (tertiary/aromatic N) is 1. The summed E-state index contributed by atoms with van der Waals surface area (Å²) in [6.07, 6.45) is 5.58. The van der Waals surface area contributed by atoms with Crippen LogP contribution in [0.15, 0.2) is 59.6 Å². The lowest BCUT2D eigenvalue weighted by Gasteiger charge is -2.26. The van der Waals surface area contributed by atoms with Gasteiger partial charge in [-0.1, -0.05) is 25.1 Å². The van der Waals surface area contributed by atoms with Gasteiger partial charge in [0, 0.05) is 35.8 Å². The van der Waals surface area contributed by atoms with Gasteiger partial charge in [0.1, 0.15) is 5.75 Å². The predicted octanol–water partition coefficient (Wildman–Crippen LogP) is 4.22. The number of rotatable bonds is 5. The van der Waals surface area contributed by atoms with Crippen LogP contribution in [-0.4, -0.2) is 37.9 Å². The van der Waals surface area contributed by atoms with Crippen LogP contribution in [0.3, 0.4) is 0 Å². The zero-order valence-corrected chi connectivity index (χ0v) is 16.9. The highest BCUT2D eigenvalue weighted by molar-refractivity contribution is 7.89. The Labute approximate surface area is 165 Å². The average Bonchev–Trinajstić information content (AvgIpc) is 3.17. The van der Waals surface area contributed by atoms with Crippen molar-refractivity contribution in [3.05, 3.63) is 65.9 Å². The molecule has 28 heavy (non-hydrogen) atoms. The predicted molar refractivity (Wildman–Crippen MR) is 112 cm³/mol. The molecule has 0 aliphatic carbocycles. The Morgan fingerprint density at radius 3 is 2.57 bits per heavy atom. The molecule has 5 nitrogen and oxygen atoms in total. The van der Waals surface area contributed by atoms with E-state index in [4.69, 9.17) is 4.74 Å². The molecule has 3 aromatic rings. The van der Waals surface area contributed by atoms with Crippen molar-refractivity contribution in [1.29, 1.82) is 0 Å². The number of sulfonamides is 1. The molecule has 1 aromatic heterocycles. The van der Waals surface area contributed by atoms with Gasteiger partial charge in [-0.3, -0.25) is 0 Å². The second-order valence-electron chi connectivity index (χ2n) is 6.95. The maximum atomic E-state index is 12.9. The Morgan fingerprint density at radius 2 is 1.93 bits per heavy atom. The number of aromatic amines is 1. The van der Waals surface area contributed by atoms with E-state index in [9.17, 15) is 8.42 Å². The normalized spacial score (nSPS) is 15.6. The molecule has 0 saturated heterocycles. The van der Waals surface area contributed by atoms with Gasteiger partial charge < -0.3 is 9.72 Å². The molecule has 0 bridgehead atoms. The minimum atomic E-state index is -3.47. The molecular formula is C22H24N2O3S. The second kappa shape index (κ2) is 7.45. The van der Waals surface area contributed by atoms with Crippen molar-refractivity contribution in [3.63, 3.8) is 0 Å². The first-order valence-corrected chi connectivity index (χ1v) is 10.9. The molecule has 1 N–H and O–H groups in total. The van der Waals surface area contributed by atoms with Crippen LogP contribution in [0.4, 0.5) is 0 Å². The number of aromatic nitrogens is 1. The number of hydrogen-bond donors (Lipinski definition) is 1. The Morgan fingerprint density at radius 1 is 1.14 bits per heavy atom. The smallest absolute Gasteiger partial charge is 0.243 e. The monoisotopic (exact) mass is 396 g/mol. The van der Waals surface area contributed by atoms with Gasteiger partial charge >= 0.3 is 0 Å². The molecule has 0 fully saturated rings. The van der Waals surface area contributed by atoms with Gasteiger partial charge in [0.15, 0.2) is 0 Å². The maximum absolute atomic E-state index is 12.9. The van der Waals surface area contributed by atoms with Gasteiger partial charge in [0.25, 0.3) is 0 Å². The highest BCUT2D eigenvalue weighted by atomic mass is 32.2. The van der Waals surface area contributed by atoms with Crippen molar-refractivity contribution >= 4 is 26.5 Å². The van der Waals surface area contributed by atoms with Crippen molar-refractivity contribution in [2.75, 3.05) is 20.2 Å². The molecule has 1 aliphatic heterocycles. The lowest BCUT2D eigenvalue weighted by atomic mass is 9.99. The van der Waals surface area contributed by atoms with Crippen molar-refractivity contribution < 1.29 is 13.2 Å². The summed E-state index contributed by atoms with van der Waals surface area (Å²) < 4.78 is 32.8. The van der Waals surface area contributed by atoms with Crippen molar-refractivity contribution in [1.82, 2.24) is 9.29 Å². The minimum Gasteiger partial charge on any atom is -0.497 e. The molecule has 146 valence electrons. The van der Waals surface area contributed by atoms with Crippen LogP contribution in [0.1, 0.15) is 24.5 Å². The summed E-state index contributed by atoms with van der Waals surface area (Å²) in [5, 5.41) is 1.09. The number of fused-ring (bicyclic) bond motifs is 1. The fourth-order valence-electron chi connectivity index (χ4n) is 3.65. The molecule has 1 aliphatic rings. The second-order valence-corrected chi connectivity index (χ2v) is 8.89. The van der Waals surface area contributed by atoms with Gasteiger partial charge in [-0.05, 0) is 54.3 Å². The number of nitrogens with one attached hydrogen (secondary N) is 1. The Balaban J connectivity index is 1.59. The number of aryl methyl sites for hydroxylation is 1. The zero-order valence-electron chi connectivity index (χ0n) is 16.1. The highest BCUT2D eigenvalue weighted by Gasteiger charge is 2.26. The van der Waals surface area contributed by atoms with E-state index < -0.39 is 10.0 Å². The molecule has 0 amide bonds. The minimum absolute atomic E-state index is 0.360. The molecule has 6 heteroatoms. The van der Waals surface area contributed by atoms with Crippen LogP contribution in [0.5, 0.6) is 5.75 Å². The van der Waals surface area contributed by atoms with Gasteiger partial charge in [-0.25, -0.2) is 8.42 Å². The Kier molecular flexibility index (Phi) is 5.00. The fourth-order valence-corrected chi connectivity index (χ4v) is 5.03. The van der Waals surface area contributed by atoms with Crippen molar-refractivity contribution in [3.8, 4) is 5.75 Å². The zero-order chi connectivity index (χ0) is 19.7. The molecule has 0 radical (unpaired) electrons.